The Morgan fingerprint density at radius 1 is 1.19 bits per heavy atom. The third-order valence-electron chi connectivity index (χ3n) is 5.54. The molecule has 2 heterocycles. The van der Waals surface area contributed by atoms with Crippen molar-refractivity contribution in [1.82, 2.24) is 9.80 Å². The number of para-hydroxylation sites is 1. The van der Waals surface area contributed by atoms with E-state index in [4.69, 9.17) is 9.47 Å². The number of amidine groups is 1. The highest BCUT2D eigenvalue weighted by Crippen LogP contribution is 2.26. The van der Waals surface area contributed by atoms with Crippen molar-refractivity contribution in [3.8, 4) is 5.75 Å². The molecule has 2 aliphatic rings. The lowest BCUT2D eigenvalue weighted by Crippen LogP contribution is -2.47. The first-order valence-electron chi connectivity index (χ1n) is 10.5. The molecular formula is C23H29N5O3. The Bertz CT molecular complexity index is 954. The molecule has 0 radical (unpaired) electrons. The normalized spacial score (nSPS) is 18.1. The van der Waals surface area contributed by atoms with Crippen molar-refractivity contribution in [1.29, 1.82) is 0 Å². The van der Waals surface area contributed by atoms with Crippen LogP contribution in [0.15, 0.2) is 47.5 Å². The summed E-state index contributed by atoms with van der Waals surface area (Å²) in [6.45, 7) is 5.11. The number of rotatable bonds is 6. The lowest BCUT2D eigenvalue weighted by Gasteiger charge is -2.31. The summed E-state index contributed by atoms with van der Waals surface area (Å²) in [5.41, 5.74) is 3.68. The third kappa shape index (κ3) is 5.53. The van der Waals surface area contributed by atoms with Crippen LogP contribution in [0.3, 0.4) is 0 Å². The predicted molar refractivity (Wildman–Crippen MR) is 122 cm³/mol. The Balaban J connectivity index is 1.33. The Morgan fingerprint density at radius 3 is 2.81 bits per heavy atom. The molecule has 2 aromatic rings. The van der Waals surface area contributed by atoms with Crippen LogP contribution in [0.5, 0.6) is 5.75 Å². The molecule has 8 nitrogen and oxygen atoms in total. The van der Waals surface area contributed by atoms with Gasteiger partial charge in [0.05, 0.1) is 20.2 Å². The number of aliphatic imine (C=N–C) groups is 1. The van der Waals surface area contributed by atoms with E-state index in [1.807, 2.05) is 42.5 Å². The minimum Gasteiger partial charge on any atom is -0.496 e. The molecule has 1 fully saturated rings. The summed E-state index contributed by atoms with van der Waals surface area (Å²) in [6, 6.07) is 14.1. The molecule has 1 saturated heterocycles. The fourth-order valence-electron chi connectivity index (χ4n) is 3.70. The van der Waals surface area contributed by atoms with Gasteiger partial charge in [-0.15, -0.1) is 0 Å². The van der Waals surface area contributed by atoms with Crippen LogP contribution >= 0.6 is 0 Å². The van der Waals surface area contributed by atoms with Gasteiger partial charge in [0.1, 0.15) is 12.4 Å². The van der Waals surface area contributed by atoms with E-state index in [0.717, 1.165) is 54.4 Å². The van der Waals surface area contributed by atoms with Crippen molar-refractivity contribution in [3.63, 3.8) is 0 Å². The lowest BCUT2D eigenvalue weighted by atomic mass is 10.1. The number of benzene rings is 2. The predicted octanol–water partition coefficient (Wildman–Crippen LogP) is 2.38. The van der Waals surface area contributed by atoms with E-state index >= 15 is 0 Å². The molecule has 0 bridgehead atoms. The fourth-order valence-corrected chi connectivity index (χ4v) is 3.70. The molecule has 0 spiro atoms. The number of amides is 1. The second kappa shape index (κ2) is 9.80. The van der Waals surface area contributed by atoms with Crippen LogP contribution < -0.4 is 15.4 Å². The number of carbonyl (C=O) groups is 1. The van der Waals surface area contributed by atoms with Crippen LogP contribution in [-0.2, 0) is 22.7 Å². The van der Waals surface area contributed by atoms with Gasteiger partial charge >= 0.3 is 0 Å². The van der Waals surface area contributed by atoms with Gasteiger partial charge in [-0.3, -0.25) is 9.69 Å². The second-order valence-corrected chi connectivity index (χ2v) is 7.85. The van der Waals surface area contributed by atoms with Crippen molar-refractivity contribution >= 4 is 23.3 Å². The van der Waals surface area contributed by atoms with Crippen LogP contribution in [0.4, 0.5) is 11.4 Å². The van der Waals surface area contributed by atoms with E-state index in [2.05, 4.69) is 32.5 Å². The zero-order valence-electron chi connectivity index (χ0n) is 18.1. The Kier molecular flexibility index (Phi) is 6.69. The molecule has 0 aliphatic carbocycles. The van der Waals surface area contributed by atoms with Crippen molar-refractivity contribution in [3.05, 3.63) is 53.6 Å². The largest absolute Gasteiger partial charge is 0.496 e. The van der Waals surface area contributed by atoms with Crippen LogP contribution in [0.2, 0.25) is 0 Å². The molecule has 164 valence electrons. The summed E-state index contributed by atoms with van der Waals surface area (Å²) in [7, 11) is 3.76. The number of ether oxygens (including phenoxy) is 2. The molecule has 2 N–H and O–H groups in total. The topological polar surface area (TPSA) is 78.4 Å². The monoisotopic (exact) mass is 423 g/mol. The van der Waals surface area contributed by atoms with Crippen molar-refractivity contribution < 1.29 is 14.3 Å². The van der Waals surface area contributed by atoms with E-state index in [9.17, 15) is 4.79 Å². The van der Waals surface area contributed by atoms with Crippen LogP contribution in [-0.4, -0.2) is 68.6 Å². The quantitative estimate of drug-likeness (QED) is 0.743. The zero-order chi connectivity index (χ0) is 21.6. The van der Waals surface area contributed by atoms with Gasteiger partial charge in [-0.1, -0.05) is 18.2 Å². The first kappa shape index (κ1) is 21.1. The fraction of sp³-hybridized carbons (Fsp3) is 0.391. The lowest BCUT2D eigenvalue weighted by molar-refractivity contribution is -0.117. The average molecular weight is 424 g/mol. The summed E-state index contributed by atoms with van der Waals surface area (Å²) in [6.07, 6.45) is 0. The minimum atomic E-state index is 0.00764. The van der Waals surface area contributed by atoms with Gasteiger partial charge in [0.2, 0.25) is 5.91 Å². The number of methoxy groups -OCH3 is 1. The van der Waals surface area contributed by atoms with Gasteiger partial charge in [0.15, 0.2) is 0 Å². The molecule has 2 aliphatic heterocycles. The van der Waals surface area contributed by atoms with E-state index in [1.165, 1.54) is 0 Å². The number of fused-ring (bicyclic) bond motifs is 1. The number of nitrogens with one attached hydrogen (secondary N) is 2. The maximum Gasteiger partial charge on any atom is 0.289 e. The maximum atomic E-state index is 12.4. The van der Waals surface area contributed by atoms with Crippen molar-refractivity contribution in [2.24, 2.45) is 4.99 Å². The van der Waals surface area contributed by atoms with Crippen LogP contribution in [0.25, 0.3) is 0 Å². The molecule has 1 amide bonds. The van der Waals surface area contributed by atoms with Gasteiger partial charge < -0.3 is 25.0 Å². The molecule has 0 aromatic heterocycles. The SMILES string of the molecule is COc1ccccc1CN=C1Nc2ccc(NC(=O)CN3CCN(C)CC3)cc2CO1. The second-order valence-electron chi connectivity index (χ2n) is 7.85. The van der Waals surface area contributed by atoms with Gasteiger partial charge in [-0.25, -0.2) is 4.99 Å². The van der Waals surface area contributed by atoms with E-state index < -0.39 is 0 Å². The van der Waals surface area contributed by atoms with E-state index in [-0.39, 0.29) is 5.91 Å². The Labute approximate surface area is 182 Å². The number of nitrogens with zero attached hydrogens (tertiary/aromatic N) is 3. The minimum absolute atomic E-state index is 0.00764. The van der Waals surface area contributed by atoms with Gasteiger partial charge in [0, 0.05) is 48.7 Å². The standard InChI is InChI=1S/C23H29N5O3/c1-27-9-11-28(12-10-27)15-22(29)25-19-7-8-20-18(13-19)16-31-23(26-20)24-14-17-5-3-4-6-21(17)30-2/h3-8,13H,9-12,14-16H2,1-2H3,(H,24,26)(H,25,29). The number of hydrogen-bond acceptors (Lipinski definition) is 6. The molecule has 4 rings (SSSR count). The first-order valence-corrected chi connectivity index (χ1v) is 10.5. The Morgan fingerprint density at radius 2 is 2.00 bits per heavy atom. The number of piperazine rings is 1. The summed E-state index contributed by atoms with van der Waals surface area (Å²) in [4.78, 5) is 21.4. The summed E-state index contributed by atoms with van der Waals surface area (Å²) in [5, 5.41) is 6.22. The number of anilines is 2. The number of carbonyl (C=O) groups excluding carboxylic acids is 1. The molecule has 8 heteroatoms. The summed E-state index contributed by atoms with van der Waals surface area (Å²) >= 11 is 0. The average Bonchev–Trinajstić information content (AvgIpc) is 2.79. The molecule has 31 heavy (non-hydrogen) atoms. The van der Waals surface area contributed by atoms with Crippen molar-refractivity contribution in [2.45, 2.75) is 13.2 Å². The highest BCUT2D eigenvalue weighted by molar-refractivity contribution is 5.94. The highest BCUT2D eigenvalue weighted by Gasteiger charge is 2.18. The summed E-state index contributed by atoms with van der Waals surface area (Å²) < 4.78 is 11.1. The number of hydrogen-bond donors (Lipinski definition) is 2. The number of likely N-dealkylation sites (N-methyl/N-ethyl adjacent to an activating group) is 1. The molecule has 0 unspecified atom stereocenters. The maximum absolute atomic E-state index is 12.4. The highest BCUT2D eigenvalue weighted by atomic mass is 16.5. The first-order chi connectivity index (χ1) is 15.1. The summed E-state index contributed by atoms with van der Waals surface area (Å²) in [5.74, 6) is 0.813. The zero-order valence-corrected chi connectivity index (χ0v) is 18.1. The van der Waals surface area contributed by atoms with Gasteiger partial charge in [0.25, 0.3) is 6.02 Å². The smallest absolute Gasteiger partial charge is 0.289 e. The van der Waals surface area contributed by atoms with Crippen LogP contribution in [0, 0.1) is 0 Å². The van der Waals surface area contributed by atoms with Crippen molar-refractivity contribution in [2.75, 3.05) is 57.5 Å². The molecule has 0 atom stereocenters. The molecule has 0 saturated carbocycles. The van der Waals surface area contributed by atoms with Gasteiger partial charge in [-0.2, -0.15) is 0 Å². The molecule has 2 aromatic carbocycles. The van der Waals surface area contributed by atoms with Gasteiger partial charge in [-0.05, 0) is 31.3 Å². The Hall–Kier alpha value is -3.10. The van der Waals surface area contributed by atoms with E-state index in [0.29, 0.717) is 25.7 Å². The third-order valence-corrected chi connectivity index (χ3v) is 5.54. The van der Waals surface area contributed by atoms with E-state index in [1.54, 1.807) is 7.11 Å². The van der Waals surface area contributed by atoms with Crippen LogP contribution in [0.1, 0.15) is 11.1 Å². The molecular weight excluding hydrogens is 394 g/mol.